The van der Waals surface area contributed by atoms with Gasteiger partial charge in [-0.3, -0.25) is 9.78 Å². The molecule has 6 heteroatoms. The molecule has 0 aliphatic carbocycles. The average molecular weight is 387 g/mol. The van der Waals surface area contributed by atoms with Crippen LogP contribution in [-0.2, 0) is 17.8 Å². The van der Waals surface area contributed by atoms with Crippen LogP contribution in [0.2, 0.25) is 0 Å². The maximum absolute atomic E-state index is 11.9. The quantitative estimate of drug-likeness (QED) is 0.723. The Morgan fingerprint density at radius 2 is 1.93 bits per heavy atom. The van der Waals surface area contributed by atoms with Crippen LogP contribution in [-0.4, -0.2) is 38.8 Å². The number of pyridine rings is 1. The van der Waals surface area contributed by atoms with Crippen LogP contribution in [0.5, 0.6) is 0 Å². The van der Waals surface area contributed by atoms with E-state index in [4.69, 9.17) is 9.97 Å². The summed E-state index contributed by atoms with van der Waals surface area (Å²) in [4.78, 5) is 27.7. The number of hydrogen-bond donors (Lipinski definition) is 1. The maximum Gasteiger partial charge on any atom is 0.219 e. The summed E-state index contributed by atoms with van der Waals surface area (Å²) in [6, 6.07) is 16.2. The number of carbonyl (C=O) groups is 1. The standard InChI is InChI=1S/C23H25N5O/c1-16(18-8-4-3-5-9-18)14-25-22-19-11-13-28(17(2)29)15-21(19)26-23(27-22)20-10-6-7-12-24-20/h3-10,12,16H,11,13-15H2,1-2H3,(H,25,26,27). The number of carbonyl (C=O) groups excluding carboxylic acids is 1. The van der Waals surface area contributed by atoms with Crippen molar-refractivity contribution in [1.29, 1.82) is 0 Å². The van der Waals surface area contributed by atoms with Gasteiger partial charge in [0.05, 0.1) is 12.2 Å². The first kappa shape index (κ1) is 19.1. The monoisotopic (exact) mass is 387 g/mol. The lowest BCUT2D eigenvalue weighted by atomic mass is 10.0. The second-order valence-electron chi connectivity index (χ2n) is 7.42. The molecule has 4 rings (SSSR count). The minimum absolute atomic E-state index is 0.0702. The summed E-state index contributed by atoms with van der Waals surface area (Å²) in [6.45, 7) is 5.78. The van der Waals surface area contributed by atoms with Gasteiger partial charge >= 0.3 is 0 Å². The summed E-state index contributed by atoms with van der Waals surface area (Å²) in [7, 11) is 0. The van der Waals surface area contributed by atoms with Crippen molar-refractivity contribution in [3.8, 4) is 11.5 Å². The molecule has 0 radical (unpaired) electrons. The van der Waals surface area contributed by atoms with E-state index in [1.54, 1.807) is 13.1 Å². The van der Waals surface area contributed by atoms with Crippen molar-refractivity contribution < 1.29 is 4.79 Å². The fourth-order valence-corrected chi connectivity index (χ4v) is 3.60. The van der Waals surface area contributed by atoms with Crippen molar-refractivity contribution in [1.82, 2.24) is 19.9 Å². The molecule has 1 amide bonds. The predicted octanol–water partition coefficient (Wildman–Crippen LogP) is 3.66. The largest absolute Gasteiger partial charge is 0.369 e. The number of rotatable bonds is 5. The van der Waals surface area contributed by atoms with E-state index < -0.39 is 0 Å². The number of aromatic nitrogens is 3. The number of nitrogens with one attached hydrogen (secondary N) is 1. The number of benzene rings is 1. The summed E-state index contributed by atoms with van der Waals surface area (Å²) < 4.78 is 0. The number of fused-ring (bicyclic) bond motifs is 1. The number of anilines is 1. The molecule has 3 heterocycles. The van der Waals surface area contributed by atoms with E-state index >= 15 is 0 Å². The van der Waals surface area contributed by atoms with Crippen molar-refractivity contribution in [2.75, 3.05) is 18.4 Å². The van der Waals surface area contributed by atoms with Crippen molar-refractivity contribution in [3.63, 3.8) is 0 Å². The molecule has 2 aromatic heterocycles. The van der Waals surface area contributed by atoms with E-state index in [2.05, 4.69) is 41.5 Å². The van der Waals surface area contributed by atoms with Crippen LogP contribution in [0.15, 0.2) is 54.7 Å². The molecule has 1 aromatic carbocycles. The topological polar surface area (TPSA) is 71.0 Å². The number of nitrogens with zero attached hydrogens (tertiary/aromatic N) is 4. The van der Waals surface area contributed by atoms with E-state index in [-0.39, 0.29) is 5.91 Å². The number of hydrogen-bond acceptors (Lipinski definition) is 5. The summed E-state index contributed by atoms with van der Waals surface area (Å²) in [5.41, 5.74) is 4.02. The minimum Gasteiger partial charge on any atom is -0.369 e. The fourth-order valence-electron chi connectivity index (χ4n) is 3.60. The number of amides is 1. The summed E-state index contributed by atoms with van der Waals surface area (Å²) in [5.74, 6) is 1.85. The van der Waals surface area contributed by atoms with Gasteiger partial charge < -0.3 is 10.2 Å². The van der Waals surface area contributed by atoms with Crippen LogP contribution in [0.3, 0.4) is 0 Å². The third-order valence-electron chi connectivity index (χ3n) is 5.35. The molecule has 0 spiro atoms. The molecule has 3 aromatic rings. The van der Waals surface area contributed by atoms with Gasteiger partial charge in [0.25, 0.3) is 0 Å². The van der Waals surface area contributed by atoms with Gasteiger partial charge in [0, 0.05) is 31.8 Å². The van der Waals surface area contributed by atoms with Crippen LogP contribution in [0.25, 0.3) is 11.5 Å². The Morgan fingerprint density at radius 1 is 1.14 bits per heavy atom. The lowest BCUT2D eigenvalue weighted by Gasteiger charge is -2.29. The highest BCUT2D eigenvalue weighted by atomic mass is 16.2. The van der Waals surface area contributed by atoms with Crippen LogP contribution < -0.4 is 5.32 Å². The van der Waals surface area contributed by atoms with Gasteiger partial charge in [-0.1, -0.05) is 43.3 Å². The molecule has 29 heavy (non-hydrogen) atoms. The molecule has 1 atom stereocenters. The van der Waals surface area contributed by atoms with Crippen LogP contribution in [0.1, 0.15) is 36.6 Å². The zero-order chi connectivity index (χ0) is 20.2. The Labute approximate surface area is 171 Å². The van der Waals surface area contributed by atoms with Gasteiger partial charge in [-0.2, -0.15) is 0 Å². The van der Waals surface area contributed by atoms with Gasteiger partial charge in [0.15, 0.2) is 5.82 Å². The Bertz CT molecular complexity index is 991. The molecule has 1 N–H and O–H groups in total. The molecule has 0 saturated carbocycles. The van der Waals surface area contributed by atoms with Gasteiger partial charge in [0.2, 0.25) is 5.91 Å². The Hall–Kier alpha value is -3.28. The third-order valence-corrected chi connectivity index (χ3v) is 5.35. The summed E-state index contributed by atoms with van der Waals surface area (Å²) in [6.07, 6.45) is 2.49. The molecule has 0 saturated heterocycles. The van der Waals surface area contributed by atoms with Crippen molar-refractivity contribution in [2.45, 2.75) is 32.7 Å². The summed E-state index contributed by atoms with van der Waals surface area (Å²) >= 11 is 0. The zero-order valence-electron chi connectivity index (χ0n) is 16.8. The van der Waals surface area contributed by atoms with E-state index in [9.17, 15) is 4.79 Å². The zero-order valence-corrected chi connectivity index (χ0v) is 16.8. The smallest absolute Gasteiger partial charge is 0.219 e. The maximum atomic E-state index is 11.9. The Kier molecular flexibility index (Phi) is 5.51. The molecule has 0 fully saturated rings. The summed E-state index contributed by atoms with van der Waals surface area (Å²) in [5, 5.41) is 3.54. The normalized spacial score (nSPS) is 14.2. The predicted molar refractivity (Wildman–Crippen MR) is 113 cm³/mol. The minimum atomic E-state index is 0.0702. The molecule has 1 aliphatic heterocycles. The van der Waals surface area contributed by atoms with Gasteiger partial charge in [-0.25, -0.2) is 9.97 Å². The highest BCUT2D eigenvalue weighted by Crippen LogP contribution is 2.27. The van der Waals surface area contributed by atoms with E-state index in [0.717, 1.165) is 35.7 Å². The van der Waals surface area contributed by atoms with E-state index in [1.165, 1.54) is 5.56 Å². The van der Waals surface area contributed by atoms with Crippen molar-refractivity contribution in [2.24, 2.45) is 0 Å². The van der Waals surface area contributed by atoms with Crippen molar-refractivity contribution >= 4 is 11.7 Å². The highest BCUT2D eigenvalue weighted by molar-refractivity contribution is 5.74. The Balaban J connectivity index is 1.65. The van der Waals surface area contributed by atoms with E-state index in [1.807, 2.05) is 29.2 Å². The van der Waals surface area contributed by atoms with Crippen LogP contribution in [0.4, 0.5) is 5.82 Å². The molecule has 6 nitrogen and oxygen atoms in total. The molecule has 0 bridgehead atoms. The average Bonchev–Trinajstić information content (AvgIpc) is 2.77. The van der Waals surface area contributed by atoms with Gasteiger partial charge in [-0.05, 0) is 30.0 Å². The third kappa shape index (κ3) is 4.26. The second kappa shape index (κ2) is 8.39. The van der Waals surface area contributed by atoms with E-state index in [0.29, 0.717) is 24.8 Å². The second-order valence-corrected chi connectivity index (χ2v) is 7.42. The molecule has 1 unspecified atom stereocenters. The molecular formula is C23H25N5O. The van der Waals surface area contributed by atoms with Crippen molar-refractivity contribution in [3.05, 3.63) is 71.5 Å². The molecule has 1 aliphatic rings. The first-order valence-corrected chi connectivity index (χ1v) is 9.97. The Morgan fingerprint density at radius 3 is 2.66 bits per heavy atom. The first-order chi connectivity index (χ1) is 14.1. The molecular weight excluding hydrogens is 362 g/mol. The molecule has 148 valence electrons. The van der Waals surface area contributed by atoms with Crippen LogP contribution >= 0.6 is 0 Å². The van der Waals surface area contributed by atoms with Gasteiger partial charge in [0.1, 0.15) is 11.5 Å². The first-order valence-electron chi connectivity index (χ1n) is 9.97. The van der Waals surface area contributed by atoms with Gasteiger partial charge in [-0.15, -0.1) is 0 Å². The SMILES string of the molecule is CC(=O)N1CCc2c(nc(-c3ccccn3)nc2NCC(C)c2ccccc2)C1. The lowest BCUT2D eigenvalue weighted by Crippen LogP contribution is -2.35. The van der Waals surface area contributed by atoms with Crippen LogP contribution in [0, 0.1) is 0 Å². The fraction of sp³-hybridized carbons (Fsp3) is 0.304. The lowest BCUT2D eigenvalue weighted by molar-refractivity contribution is -0.129. The highest BCUT2D eigenvalue weighted by Gasteiger charge is 2.24.